The quantitative estimate of drug-likeness (QED) is 0.260. The highest BCUT2D eigenvalue weighted by atomic mass is 16.5. The van der Waals surface area contributed by atoms with Gasteiger partial charge in [-0.2, -0.15) is 5.10 Å². The van der Waals surface area contributed by atoms with Crippen molar-refractivity contribution in [1.29, 1.82) is 0 Å². The van der Waals surface area contributed by atoms with E-state index in [2.05, 4.69) is 10.4 Å². The van der Waals surface area contributed by atoms with Gasteiger partial charge >= 0.3 is 0 Å². The van der Waals surface area contributed by atoms with Crippen molar-refractivity contribution < 1.29 is 19.0 Å². The number of rotatable bonds is 10. The van der Waals surface area contributed by atoms with Crippen LogP contribution in [0.5, 0.6) is 17.2 Å². The number of carbonyl (C=O) groups is 1. The van der Waals surface area contributed by atoms with E-state index in [1.54, 1.807) is 20.3 Å². The van der Waals surface area contributed by atoms with Crippen molar-refractivity contribution in [3.8, 4) is 17.2 Å². The largest absolute Gasteiger partial charge is 0.497 e. The van der Waals surface area contributed by atoms with Crippen LogP contribution in [-0.4, -0.2) is 29.9 Å². The zero-order valence-corrected chi connectivity index (χ0v) is 22.4. The number of amides is 1. The number of benzene rings is 3. The molecule has 4 aromatic rings. The van der Waals surface area contributed by atoms with Gasteiger partial charge in [0, 0.05) is 11.6 Å². The first-order chi connectivity index (χ1) is 18.4. The summed E-state index contributed by atoms with van der Waals surface area (Å²) < 4.78 is 18.7. The van der Waals surface area contributed by atoms with E-state index < -0.39 is 0 Å². The van der Waals surface area contributed by atoms with Crippen LogP contribution < -0.4 is 19.5 Å². The van der Waals surface area contributed by atoms with Crippen molar-refractivity contribution >= 4 is 17.7 Å². The van der Waals surface area contributed by atoms with Crippen molar-refractivity contribution in [1.82, 2.24) is 9.78 Å². The third-order valence-electron chi connectivity index (χ3n) is 6.21. The van der Waals surface area contributed by atoms with E-state index in [1.165, 1.54) is 6.08 Å². The SMILES string of the molecule is COc1cccc(Cn2nc(C)c(NC(=O)/C=C/c3ccc(OC)c(COc4cccc(C)c4)c3)c2C)c1. The van der Waals surface area contributed by atoms with E-state index in [4.69, 9.17) is 14.2 Å². The smallest absolute Gasteiger partial charge is 0.248 e. The van der Waals surface area contributed by atoms with Gasteiger partial charge in [-0.05, 0) is 79.9 Å². The van der Waals surface area contributed by atoms with Crippen LogP contribution >= 0.6 is 0 Å². The Labute approximate surface area is 223 Å². The molecule has 0 aliphatic heterocycles. The van der Waals surface area contributed by atoms with E-state index >= 15 is 0 Å². The Morgan fingerprint density at radius 3 is 2.50 bits per heavy atom. The van der Waals surface area contributed by atoms with Crippen LogP contribution in [0.4, 0.5) is 5.69 Å². The van der Waals surface area contributed by atoms with E-state index in [1.807, 2.05) is 92.2 Å². The highest BCUT2D eigenvalue weighted by molar-refractivity contribution is 6.02. The Morgan fingerprint density at radius 1 is 0.947 bits per heavy atom. The average Bonchev–Trinajstić information content (AvgIpc) is 3.18. The maximum atomic E-state index is 12.8. The molecule has 3 aromatic carbocycles. The summed E-state index contributed by atoms with van der Waals surface area (Å²) in [5.74, 6) is 2.09. The van der Waals surface area contributed by atoms with Crippen LogP contribution in [0.3, 0.4) is 0 Å². The molecule has 0 saturated heterocycles. The Bertz CT molecular complexity index is 1460. The number of carbonyl (C=O) groups excluding carboxylic acids is 1. The molecular formula is C31H33N3O4. The lowest BCUT2D eigenvalue weighted by Crippen LogP contribution is -2.10. The molecule has 38 heavy (non-hydrogen) atoms. The van der Waals surface area contributed by atoms with Crippen LogP contribution in [0.25, 0.3) is 6.08 Å². The van der Waals surface area contributed by atoms with Crippen molar-refractivity contribution in [2.75, 3.05) is 19.5 Å². The molecule has 0 atom stereocenters. The number of aryl methyl sites for hydroxylation is 2. The fraction of sp³-hybridized carbons (Fsp3) is 0.226. The topological polar surface area (TPSA) is 74.6 Å². The summed E-state index contributed by atoms with van der Waals surface area (Å²) in [7, 11) is 3.28. The zero-order valence-electron chi connectivity index (χ0n) is 22.4. The van der Waals surface area contributed by atoms with Crippen molar-refractivity contribution in [2.45, 2.75) is 33.9 Å². The normalized spacial score (nSPS) is 11.0. The second-order valence-corrected chi connectivity index (χ2v) is 9.05. The molecule has 0 unspecified atom stereocenters. The molecule has 7 heteroatoms. The number of hydrogen-bond acceptors (Lipinski definition) is 5. The van der Waals surface area contributed by atoms with Crippen LogP contribution in [-0.2, 0) is 17.9 Å². The second kappa shape index (κ2) is 12.1. The maximum Gasteiger partial charge on any atom is 0.248 e. The fourth-order valence-electron chi connectivity index (χ4n) is 4.19. The molecule has 1 aromatic heterocycles. The third kappa shape index (κ3) is 6.62. The van der Waals surface area contributed by atoms with Gasteiger partial charge in [0.1, 0.15) is 23.9 Å². The van der Waals surface area contributed by atoms with Gasteiger partial charge in [-0.15, -0.1) is 0 Å². The molecular weight excluding hydrogens is 478 g/mol. The minimum absolute atomic E-state index is 0.231. The molecule has 196 valence electrons. The summed E-state index contributed by atoms with van der Waals surface area (Å²) in [6.07, 6.45) is 3.29. The van der Waals surface area contributed by atoms with Gasteiger partial charge in [0.25, 0.3) is 0 Å². The summed E-state index contributed by atoms with van der Waals surface area (Å²) in [5.41, 5.74) is 6.31. The van der Waals surface area contributed by atoms with Crippen molar-refractivity contribution in [3.63, 3.8) is 0 Å². The predicted molar refractivity (Wildman–Crippen MR) is 150 cm³/mol. The van der Waals surface area contributed by atoms with Crippen molar-refractivity contribution in [3.05, 3.63) is 106 Å². The molecule has 0 spiro atoms. The first-order valence-electron chi connectivity index (χ1n) is 12.4. The minimum atomic E-state index is -0.231. The Hall–Kier alpha value is -4.52. The van der Waals surface area contributed by atoms with E-state index in [9.17, 15) is 4.79 Å². The molecule has 1 N–H and O–H groups in total. The number of methoxy groups -OCH3 is 2. The molecule has 7 nitrogen and oxygen atoms in total. The molecule has 4 rings (SSSR count). The summed E-state index contributed by atoms with van der Waals surface area (Å²) >= 11 is 0. The number of ether oxygens (including phenoxy) is 3. The van der Waals surface area contributed by atoms with Crippen LogP contribution in [0.1, 0.15) is 33.6 Å². The summed E-state index contributed by atoms with van der Waals surface area (Å²) in [5, 5.41) is 7.61. The Morgan fingerprint density at radius 2 is 1.74 bits per heavy atom. The number of nitrogens with zero attached hydrogens (tertiary/aromatic N) is 2. The molecule has 0 fully saturated rings. The van der Waals surface area contributed by atoms with Gasteiger partial charge in [0.05, 0.1) is 37.8 Å². The lowest BCUT2D eigenvalue weighted by Gasteiger charge is -2.11. The molecule has 1 amide bonds. The lowest BCUT2D eigenvalue weighted by molar-refractivity contribution is -0.111. The highest BCUT2D eigenvalue weighted by Crippen LogP contribution is 2.24. The van der Waals surface area contributed by atoms with Crippen LogP contribution in [0, 0.1) is 20.8 Å². The van der Waals surface area contributed by atoms with Gasteiger partial charge in [-0.3, -0.25) is 9.48 Å². The minimum Gasteiger partial charge on any atom is -0.497 e. The lowest BCUT2D eigenvalue weighted by atomic mass is 10.1. The number of aromatic nitrogens is 2. The molecule has 0 bridgehead atoms. The first kappa shape index (κ1) is 26.5. The number of nitrogens with one attached hydrogen (secondary N) is 1. The zero-order chi connectivity index (χ0) is 27.1. The van der Waals surface area contributed by atoms with Gasteiger partial charge in [0.2, 0.25) is 5.91 Å². The van der Waals surface area contributed by atoms with Gasteiger partial charge in [-0.25, -0.2) is 0 Å². The predicted octanol–water partition coefficient (Wildman–Crippen LogP) is 6.10. The summed E-state index contributed by atoms with van der Waals surface area (Å²) in [6, 6.07) is 21.5. The molecule has 0 radical (unpaired) electrons. The highest BCUT2D eigenvalue weighted by Gasteiger charge is 2.14. The summed E-state index contributed by atoms with van der Waals surface area (Å²) in [6.45, 7) is 6.79. The first-order valence-corrected chi connectivity index (χ1v) is 12.4. The van der Waals surface area contributed by atoms with E-state index in [-0.39, 0.29) is 5.91 Å². The third-order valence-corrected chi connectivity index (χ3v) is 6.21. The number of hydrogen-bond donors (Lipinski definition) is 1. The van der Waals surface area contributed by atoms with Gasteiger partial charge < -0.3 is 19.5 Å². The molecule has 1 heterocycles. The van der Waals surface area contributed by atoms with Crippen molar-refractivity contribution in [2.24, 2.45) is 0 Å². The van der Waals surface area contributed by atoms with E-state index in [0.717, 1.165) is 50.9 Å². The second-order valence-electron chi connectivity index (χ2n) is 9.05. The molecule has 0 aliphatic rings. The Balaban J connectivity index is 1.43. The van der Waals surface area contributed by atoms with Gasteiger partial charge in [0.15, 0.2) is 0 Å². The average molecular weight is 512 g/mol. The fourth-order valence-corrected chi connectivity index (χ4v) is 4.19. The molecule has 0 saturated carbocycles. The monoisotopic (exact) mass is 511 g/mol. The van der Waals surface area contributed by atoms with Crippen LogP contribution in [0.15, 0.2) is 72.8 Å². The number of anilines is 1. The Kier molecular flexibility index (Phi) is 8.48. The maximum absolute atomic E-state index is 12.8. The van der Waals surface area contributed by atoms with Crippen LogP contribution in [0.2, 0.25) is 0 Å². The summed E-state index contributed by atoms with van der Waals surface area (Å²) in [4.78, 5) is 12.8. The van der Waals surface area contributed by atoms with Gasteiger partial charge in [-0.1, -0.05) is 30.3 Å². The standard InChI is InChI=1S/C31H33N3O4/c1-21-8-6-11-28(16-21)38-20-26-17-24(12-14-29(26)37-5)13-15-30(35)32-31-22(2)33-34(23(31)3)19-25-9-7-10-27(18-25)36-4/h6-18H,19-20H2,1-5H3,(H,32,35)/b15-13+. The van der Waals surface area contributed by atoms with E-state index in [0.29, 0.717) is 18.8 Å². The molecule has 0 aliphatic carbocycles.